The summed E-state index contributed by atoms with van der Waals surface area (Å²) < 4.78 is 2.02. The summed E-state index contributed by atoms with van der Waals surface area (Å²) in [5, 5.41) is 8.74. The van der Waals surface area contributed by atoms with Crippen LogP contribution in [0.2, 0.25) is 5.02 Å². The average Bonchev–Trinajstić information content (AvgIpc) is 2.92. The quantitative estimate of drug-likeness (QED) is 0.731. The van der Waals surface area contributed by atoms with Gasteiger partial charge in [-0.3, -0.25) is 4.68 Å². The van der Waals surface area contributed by atoms with Crippen molar-refractivity contribution in [2.75, 3.05) is 12.3 Å². The minimum atomic E-state index is 0.310. The molecule has 114 valence electrons. The molecule has 21 heavy (non-hydrogen) atoms. The number of nitrogens with zero attached hydrogens (tertiary/aromatic N) is 2. The van der Waals surface area contributed by atoms with E-state index in [2.05, 4.69) is 36.5 Å². The second-order valence-corrected chi connectivity index (χ2v) is 6.45. The van der Waals surface area contributed by atoms with Gasteiger partial charge in [0.25, 0.3) is 0 Å². The van der Waals surface area contributed by atoms with Crippen molar-refractivity contribution >= 4 is 23.4 Å². The van der Waals surface area contributed by atoms with Gasteiger partial charge < -0.3 is 5.32 Å². The standard InChI is InChI=1S/C16H22ClN3S/c1-3-8-20-11-13(10-19-20)16(18-4-2)12-21-15-7-5-6-14(17)9-15/h5-7,9-11,16,18H,3-4,8,12H2,1-2H3. The molecule has 1 unspecified atom stereocenters. The van der Waals surface area contributed by atoms with Crippen LogP contribution in [0.1, 0.15) is 31.9 Å². The maximum absolute atomic E-state index is 6.03. The molecule has 0 saturated heterocycles. The van der Waals surface area contributed by atoms with Crippen LogP contribution >= 0.6 is 23.4 Å². The largest absolute Gasteiger partial charge is 0.309 e. The van der Waals surface area contributed by atoms with E-state index in [4.69, 9.17) is 11.6 Å². The molecule has 1 aromatic heterocycles. The Kier molecular flexibility index (Phi) is 6.61. The molecule has 0 bridgehead atoms. The van der Waals surface area contributed by atoms with Gasteiger partial charge in [0.2, 0.25) is 0 Å². The number of benzene rings is 1. The summed E-state index contributed by atoms with van der Waals surface area (Å²) in [5.41, 5.74) is 1.25. The molecule has 0 amide bonds. The predicted octanol–water partition coefficient (Wildman–Crippen LogP) is 4.39. The minimum absolute atomic E-state index is 0.310. The lowest BCUT2D eigenvalue weighted by Gasteiger charge is -2.16. The van der Waals surface area contributed by atoms with Crippen LogP contribution < -0.4 is 5.32 Å². The Balaban J connectivity index is 2.00. The molecule has 3 nitrogen and oxygen atoms in total. The van der Waals surface area contributed by atoms with Crippen molar-refractivity contribution in [3.63, 3.8) is 0 Å². The molecule has 0 fully saturated rings. The maximum atomic E-state index is 6.03. The van der Waals surface area contributed by atoms with Crippen LogP contribution in [0, 0.1) is 0 Å². The van der Waals surface area contributed by atoms with Gasteiger partial charge in [0.1, 0.15) is 0 Å². The van der Waals surface area contributed by atoms with Crippen molar-refractivity contribution in [3.05, 3.63) is 47.2 Å². The van der Waals surface area contributed by atoms with E-state index in [0.29, 0.717) is 6.04 Å². The van der Waals surface area contributed by atoms with Crippen molar-refractivity contribution in [1.29, 1.82) is 0 Å². The zero-order valence-corrected chi connectivity index (χ0v) is 14.1. The Morgan fingerprint density at radius 1 is 1.38 bits per heavy atom. The molecule has 0 aliphatic heterocycles. The van der Waals surface area contributed by atoms with Gasteiger partial charge in [-0.2, -0.15) is 5.10 Å². The monoisotopic (exact) mass is 323 g/mol. The van der Waals surface area contributed by atoms with Gasteiger partial charge in [-0.25, -0.2) is 0 Å². The highest BCUT2D eigenvalue weighted by atomic mass is 35.5. The van der Waals surface area contributed by atoms with Gasteiger partial charge in [0, 0.05) is 40.0 Å². The summed E-state index contributed by atoms with van der Waals surface area (Å²) in [6, 6.07) is 8.31. The van der Waals surface area contributed by atoms with Crippen LogP contribution in [-0.2, 0) is 6.54 Å². The van der Waals surface area contributed by atoms with Crippen molar-refractivity contribution in [2.24, 2.45) is 0 Å². The van der Waals surface area contributed by atoms with Crippen LogP contribution in [0.5, 0.6) is 0 Å². The first-order valence-corrected chi connectivity index (χ1v) is 8.73. The van der Waals surface area contributed by atoms with Crippen molar-refractivity contribution in [3.8, 4) is 0 Å². The first kappa shape index (κ1) is 16.4. The van der Waals surface area contributed by atoms with Gasteiger partial charge in [-0.05, 0) is 31.2 Å². The molecule has 1 N–H and O–H groups in total. The number of thioether (sulfide) groups is 1. The number of halogens is 1. The van der Waals surface area contributed by atoms with Gasteiger partial charge in [-0.15, -0.1) is 11.8 Å². The normalized spacial score (nSPS) is 12.5. The van der Waals surface area contributed by atoms with Crippen molar-refractivity contribution in [2.45, 2.75) is 37.8 Å². The van der Waals surface area contributed by atoms with Gasteiger partial charge in [0.05, 0.1) is 6.20 Å². The first-order chi connectivity index (χ1) is 10.2. The fourth-order valence-corrected chi connectivity index (χ4v) is 3.48. The average molecular weight is 324 g/mol. The number of hydrogen-bond acceptors (Lipinski definition) is 3. The highest BCUT2D eigenvalue weighted by Crippen LogP contribution is 2.26. The fraction of sp³-hybridized carbons (Fsp3) is 0.438. The third kappa shape index (κ3) is 5.06. The Morgan fingerprint density at radius 2 is 2.24 bits per heavy atom. The number of aryl methyl sites for hydroxylation is 1. The molecule has 1 heterocycles. The lowest BCUT2D eigenvalue weighted by atomic mass is 10.2. The van der Waals surface area contributed by atoms with E-state index in [0.717, 1.165) is 30.3 Å². The number of rotatable bonds is 8. The number of hydrogen-bond donors (Lipinski definition) is 1. The summed E-state index contributed by atoms with van der Waals surface area (Å²) in [6.45, 7) is 6.21. The van der Waals surface area contributed by atoms with E-state index in [1.807, 2.05) is 40.8 Å². The fourth-order valence-electron chi connectivity index (χ4n) is 2.17. The highest BCUT2D eigenvalue weighted by Gasteiger charge is 2.13. The van der Waals surface area contributed by atoms with Crippen molar-refractivity contribution < 1.29 is 0 Å². The second-order valence-electron chi connectivity index (χ2n) is 4.92. The van der Waals surface area contributed by atoms with E-state index in [1.54, 1.807) is 0 Å². The number of aromatic nitrogens is 2. The molecule has 0 aliphatic rings. The third-order valence-electron chi connectivity index (χ3n) is 3.17. The third-order valence-corrected chi connectivity index (χ3v) is 4.49. The summed E-state index contributed by atoms with van der Waals surface area (Å²) in [5.74, 6) is 0.964. The van der Waals surface area contributed by atoms with E-state index in [1.165, 1.54) is 10.5 Å². The van der Waals surface area contributed by atoms with E-state index in [9.17, 15) is 0 Å². The highest BCUT2D eigenvalue weighted by molar-refractivity contribution is 7.99. The van der Waals surface area contributed by atoms with Gasteiger partial charge >= 0.3 is 0 Å². The Hall–Kier alpha value is -0.970. The summed E-state index contributed by atoms with van der Waals surface area (Å²) >= 11 is 7.85. The van der Waals surface area contributed by atoms with E-state index >= 15 is 0 Å². The predicted molar refractivity (Wildman–Crippen MR) is 91.1 cm³/mol. The smallest absolute Gasteiger partial charge is 0.0537 e. The molecule has 2 rings (SSSR count). The molecule has 0 radical (unpaired) electrons. The summed E-state index contributed by atoms with van der Waals surface area (Å²) in [6.07, 6.45) is 5.22. The van der Waals surface area contributed by atoms with E-state index in [-0.39, 0.29) is 0 Å². The van der Waals surface area contributed by atoms with Crippen LogP contribution in [0.4, 0.5) is 0 Å². The maximum Gasteiger partial charge on any atom is 0.0537 e. The minimum Gasteiger partial charge on any atom is -0.309 e. The van der Waals surface area contributed by atoms with Crippen LogP contribution in [0.15, 0.2) is 41.6 Å². The van der Waals surface area contributed by atoms with E-state index < -0.39 is 0 Å². The molecule has 1 aromatic carbocycles. The Morgan fingerprint density at radius 3 is 2.95 bits per heavy atom. The first-order valence-electron chi connectivity index (χ1n) is 7.37. The SMILES string of the molecule is CCCn1cc(C(CSc2cccc(Cl)c2)NCC)cn1. The zero-order valence-electron chi connectivity index (χ0n) is 12.6. The molecule has 0 saturated carbocycles. The van der Waals surface area contributed by atoms with Crippen molar-refractivity contribution in [1.82, 2.24) is 15.1 Å². The van der Waals surface area contributed by atoms with Gasteiger partial charge in [0.15, 0.2) is 0 Å². The lowest BCUT2D eigenvalue weighted by molar-refractivity contribution is 0.590. The van der Waals surface area contributed by atoms with Crippen LogP contribution in [-0.4, -0.2) is 22.1 Å². The van der Waals surface area contributed by atoms with Crippen LogP contribution in [0.25, 0.3) is 0 Å². The Labute approximate surface area is 136 Å². The molecule has 0 aliphatic carbocycles. The number of nitrogens with one attached hydrogen (secondary N) is 1. The summed E-state index contributed by atoms with van der Waals surface area (Å²) in [4.78, 5) is 1.20. The molecule has 2 aromatic rings. The summed E-state index contributed by atoms with van der Waals surface area (Å²) in [7, 11) is 0. The van der Waals surface area contributed by atoms with Gasteiger partial charge in [-0.1, -0.05) is 31.5 Å². The van der Waals surface area contributed by atoms with Crippen LogP contribution in [0.3, 0.4) is 0 Å². The molecular formula is C16H22ClN3S. The topological polar surface area (TPSA) is 29.9 Å². The molecular weight excluding hydrogens is 302 g/mol. The second kappa shape index (κ2) is 8.47. The zero-order chi connectivity index (χ0) is 15.1. The molecule has 1 atom stereocenters. The Bertz CT molecular complexity index is 556. The molecule has 5 heteroatoms. The lowest BCUT2D eigenvalue weighted by Crippen LogP contribution is -2.22. The molecule has 0 spiro atoms.